The maximum absolute atomic E-state index is 10.5. The van der Waals surface area contributed by atoms with E-state index in [9.17, 15) is 15.3 Å². The first-order chi connectivity index (χ1) is 13.1. The van der Waals surface area contributed by atoms with Gasteiger partial charge in [0.1, 0.15) is 36.0 Å². The predicted molar refractivity (Wildman–Crippen MR) is 94.7 cm³/mol. The zero-order chi connectivity index (χ0) is 18.7. The van der Waals surface area contributed by atoms with Gasteiger partial charge in [-0.15, -0.1) is 0 Å². The molecular formula is C18H18N4O5. The number of aliphatic hydroxyl groups excluding tert-OH is 3. The molecule has 0 amide bonds. The minimum Gasteiger partial charge on any atom is -0.463 e. The second-order valence-electron chi connectivity index (χ2n) is 6.66. The summed E-state index contributed by atoms with van der Waals surface area (Å²) in [6, 6.07) is 5.49. The van der Waals surface area contributed by atoms with Crippen LogP contribution in [0.4, 0.5) is 0 Å². The number of fused-ring (bicyclic) bond motifs is 3. The van der Waals surface area contributed by atoms with Crippen molar-refractivity contribution in [1.82, 2.24) is 19.1 Å². The molecule has 4 aromatic rings. The average molecular weight is 370 g/mol. The number of aliphatic hydroxyl groups is 3. The molecule has 1 aliphatic rings. The van der Waals surface area contributed by atoms with Crippen LogP contribution in [0.15, 0.2) is 41.4 Å². The molecule has 3 N–H and O–H groups in total. The fourth-order valence-electron chi connectivity index (χ4n) is 3.86. The van der Waals surface area contributed by atoms with Crippen molar-refractivity contribution < 1.29 is 24.5 Å². The second-order valence-corrected chi connectivity index (χ2v) is 6.66. The molecule has 1 aliphatic heterocycles. The summed E-state index contributed by atoms with van der Waals surface area (Å²) in [6.07, 6.45) is 0.740. The minimum absolute atomic E-state index is 0.390. The molecule has 0 unspecified atom stereocenters. The van der Waals surface area contributed by atoms with E-state index in [-0.39, 0.29) is 0 Å². The van der Waals surface area contributed by atoms with E-state index < -0.39 is 31.1 Å². The van der Waals surface area contributed by atoms with Crippen LogP contribution in [-0.4, -0.2) is 59.3 Å². The number of nitrogens with zero attached hydrogens (tertiary/aromatic N) is 4. The molecule has 1 fully saturated rings. The van der Waals surface area contributed by atoms with Gasteiger partial charge in [-0.1, -0.05) is 0 Å². The molecule has 5 rings (SSSR count). The van der Waals surface area contributed by atoms with Crippen molar-refractivity contribution in [3.63, 3.8) is 0 Å². The first-order valence-electron chi connectivity index (χ1n) is 8.58. The normalized spacial score (nSPS) is 25.8. The van der Waals surface area contributed by atoms with Crippen molar-refractivity contribution in [2.24, 2.45) is 7.05 Å². The van der Waals surface area contributed by atoms with Crippen molar-refractivity contribution in [3.05, 3.63) is 37.0 Å². The molecule has 9 heteroatoms. The standard InChI is InChI=1S/C18H18N4O5/c1-21-5-4-9-14(21)12-13(10-3-2-6-26-10)19-8-20-17(12)22(9)18-16(25)15(24)11(7-23)27-18/h2-6,8,11,15-16,18,23-25H,7H2,1H3/t11-,15-,16-,18-/m1/s1. The summed E-state index contributed by atoms with van der Waals surface area (Å²) in [6.45, 7) is -0.390. The van der Waals surface area contributed by atoms with Gasteiger partial charge in [-0.3, -0.25) is 4.57 Å². The van der Waals surface area contributed by atoms with Gasteiger partial charge in [0.15, 0.2) is 12.0 Å². The van der Waals surface area contributed by atoms with E-state index in [1.54, 1.807) is 16.9 Å². The largest absolute Gasteiger partial charge is 0.463 e. The van der Waals surface area contributed by atoms with Gasteiger partial charge in [0.2, 0.25) is 0 Å². The van der Waals surface area contributed by atoms with E-state index in [2.05, 4.69) is 9.97 Å². The van der Waals surface area contributed by atoms with E-state index in [4.69, 9.17) is 9.15 Å². The molecule has 27 heavy (non-hydrogen) atoms. The summed E-state index contributed by atoms with van der Waals surface area (Å²) in [5.41, 5.74) is 2.81. The van der Waals surface area contributed by atoms with E-state index in [1.165, 1.54) is 6.33 Å². The maximum atomic E-state index is 10.5. The van der Waals surface area contributed by atoms with Crippen LogP contribution in [0.25, 0.3) is 33.5 Å². The minimum atomic E-state index is -1.21. The Kier molecular flexibility index (Phi) is 3.59. The lowest BCUT2D eigenvalue weighted by atomic mass is 10.1. The van der Waals surface area contributed by atoms with Gasteiger partial charge in [-0.2, -0.15) is 0 Å². The zero-order valence-electron chi connectivity index (χ0n) is 14.4. The number of ether oxygens (including phenoxy) is 1. The average Bonchev–Trinajstić information content (AvgIpc) is 3.43. The lowest BCUT2D eigenvalue weighted by molar-refractivity contribution is -0.0489. The summed E-state index contributed by atoms with van der Waals surface area (Å²) in [5, 5.41) is 30.9. The Labute approximate surface area is 153 Å². The summed E-state index contributed by atoms with van der Waals surface area (Å²) >= 11 is 0. The van der Waals surface area contributed by atoms with Crippen LogP contribution in [0.5, 0.6) is 0 Å². The number of hydrogen-bond acceptors (Lipinski definition) is 7. The quantitative estimate of drug-likeness (QED) is 0.488. The fourth-order valence-corrected chi connectivity index (χ4v) is 3.86. The molecule has 0 spiro atoms. The highest BCUT2D eigenvalue weighted by atomic mass is 16.6. The monoisotopic (exact) mass is 370 g/mol. The molecule has 4 atom stereocenters. The third-order valence-electron chi connectivity index (χ3n) is 5.13. The SMILES string of the molecule is Cn1ccc2c1c1c(-c3ccco3)ncnc1n2[C@@H]1O[C@H](CO)[C@@H](O)[C@H]1O. The Morgan fingerprint density at radius 2 is 2.04 bits per heavy atom. The summed E-state index contributed by atoms with van der Waals surface area (Å²) < 4.78 is 15.0. The molecule has 4 aromatic heterocycles. The van der Waals surface area contributed by atoms with Crippen molar-refractivity contribution in [1.29, 1.82) is 0 Å². The van der Waals surface area contributed by atoms with Crippen LogP contribution in [0.2, 0.25) is 0 Å². The third kappa shape index (κ3) is 2.20. The summed E-state index contributed by atoms with van der Waals surface area (Å²) in [4.78, 5) is 8.82. The van der Waals surface area contributed by atoms with Gasteiger partial charge in [-0.05, 0) is 18.2 Å². The smallest absolute Gasteiger partial charge is 0.165 e. The van der Waals surface area contributed by atoms with Crippen LogP contribution in [-0.2, 0) is 11.8 Å². The van der Waals surface area contributed by atoms with Gasteiger partial charge >= 0.3 is 0 Å². The van der Waals surface area contributed by atoms with Crippen molar-refractivity contribution in [3.8, 4) is 11.5 Å². The molecule has 0 aliphatic carbocycles. The topological polar surface area (TPSA) is 119 Å². The Bertz CT molecular complexity index is 1120. The van der Waals surface area contributed by atoms with Crippen LogP contribution in [0.1, 0.15) is 6.23 Å². The van der Waals surface area contributed by atoms with Crippen molar-refractivity contribution in [2.45, 2.75) is 24.5 Å². The Morgan fingerprint density at radius 3 is 2.74 bits per heavy atom. The first kappa shape index (κ1) is 16.5. The van der Waals surface area contributed by atoms with Crippen LogP contribution in [0, 0.1) is 0 Å². The molecular weight excluding hydrogens is 352 g/mol. The number of hydrogen-bond donors (Lipinski definition) is 3. The Balaban J connectivity index is 1.82. The zero-order valence-corrected chi connectivity index (χ0v) is 14.4. The first-order valence-corrected chi connectivity index (χ1v) is 8.58. The van der Waals surface area contributed by atoms with Gasteiger partial charge in [-0.25, -0.2) is 9.97 Å². The number of furan rings is 1. The fraction of sp³-hybridized carbons (Fsp3) is 0.333. The summed E-state index contributed by atoms with van der Waals surface area (Å²) in [5.74, 6) is 0.601. The molecule has 1 saturated heterocycles. The van der Waals surface area contributed by atoms with Gasteiger partial charge < -0.3 is 29.0 Å². The van der Waals surface area contributed by atoms with Gasteiger partial charge in [0.05, 0.1) is 29.3 Å². The van der Waals surface area contributed by atoms with E-state index in [0.29, 0.717) is 17.1 Å². The number of aromatic nitrogens is 4. The second kappa shape index (κ2) is 5.89. The molecule has 5 heterocycles. The van der Waals surface area contributed by atoms with Crippen LogP contribution >= 0.6 is 0 Å². The highest BCUT2D eigenvalue weighted by Crippen LogP contribution is 2.40. The predicted octanol–water partition coefficient (Wildman–Crippen LogP) is 0.794. The molecule has 9 nitrogen and oxygen atoms in total. The number of rotatable bonds is 3. The maximum Gasteiger partial charge on any atom is 0.165 e. The van der Waals surface area contributed by atoms with E-state index in [0.717, 1.165) is 16.4 Å². The van der Waals surface area contributed by atoms with Crippen molar-refractivity contribution >= 4 is 22.1 Å². The van der Waals surface area contributed by atoms with Crippen LogP contribution < -0.4 is 0 Å². The highest BCUT2D eigenvalue weighted by Gasteiger charge is 2.44. The molecule has 0 saturated carbocycles. The van der Waals surface area contributed by atoms with Gasteiger partial charge in [0, 0.05) is 13.2 Å². The highest BCUT2D eigenvalue weighted by molar-refractivity contribution is 6.10. The molecule has 0 bridgehead atoms. The lowest BCUT2D eigenvalue weighted by Gasteiger charge is -2.18. The number of aryl methyl sites for hydroxylation is 1. The molecule has 0 aromatic carbocycles. The van der Waals surface area contributed by atoms with E-state index >= 15 is 0 Å². The lowest BCUT2D eigenvalue weighted by Crippen LogP contribution is -2.33. The molecule has 0 radical (unpaired) electrons. The Hall–Kier alpha value is -2.72. The third-order valence-corrected chi connectivity index (χ3v) is 5.13. The van der Waals surface area contributed by atoms with Crippen LogP contribution in [0.3, 0.4) is 0 Å². The van der Waals surface area contributed by atoms with Crippen molar-refractivity contribution in [2.75, 3.05) is 6.61 Å². The van der Waals surface area contributed by atoms with E-state index in [1.807, 2.05) is 29.9 Å². The van der Waals surface area contributed by atoms with Gasteiger partial charge in [0.25, 0.3) is 0 Å². The summed E-state index contributed by atoms with van der Waals surface area (Å²) in [7, 11) is 1.91. The Morgan fingerprint density at radius 1 is 1.19 bits per heavy atom. The molecule has 140 valence electrons.